The van der Waals surface area contributed by atoms with E-state index in [2.05, 4.69) is 10.6 Å². The highest BCUT2D eigenvalue weighted by Gasteiger charge is 2.57. The summed E-state index contributed by atoms with van der Waals surface area (Å²) < 4.78 is 49.0. The Kier molecular flexibility index (Phi) is 5.85. The first-order valence-corrected chi connectivity index (χ1v) is 8.89. The SMILES string of the molecule is COC[C@H]1C[C@H]2C[C@H](O)[C@@H](NC(=O)Nc3cccc(C(F)(F)F)c3)[C@@]2(O)CO1. The molecule has 3 rings (SSSR count). The molecular weight excluding hydrogens is 381 g/mol. The van der Waals surface area contributed by atoms with E-state index in [4.69, 9.17) is 9.47 Å². The van der Waals surface area contributed by atoms with E-state index in [1.807, 2.05) is 0 Å². The number of carbonyl (C=O) groups is 1. The van der Waals surface area contributed by atoms with Crippen LogP contribution in [-0.4, -0.2) is 60.4 Å². The molecule has 1 aromatic carbocycles. The number of benzene rings is 1. The Bertz CT molecular complexity index is 717. The van der Waals surface area contributed by atoms with Crippen molar-refractivity contribution in [2.45, 2.75) is 42.9 Å². The summed E-state index contributed by atoms with van der Waals surface area (Å²) in [4.78, 5) is 12.3. The third-order valence-corrected chi connectivity index (χ3v) is 5.34. The van der Waals surface area contributed by atoms with Gasteiger partial charge in [0.05, 0.1) is 37.0 Å². The monoisotopic (exact) mass is 404 g/mol. The lowest BCUT2D eigenvalue weighted by Crippen LogP contribution is -2.61. The number of amides is 2. The zero-order chi connectivity index (χ0) is 20.5. The fourth-order valence-electron chi connectivity index (χ4n) is 3.97. The molecule has 1 heterocycles. The number of carbonyl (C=O) groups excluding carboxylic acids is 1. The summed E-state index contributed by atoms with van der Waals surface area (Å²) in [5.74, 6) is -0.296. The van der Waals surface area contributed by atoms with E-state index in [0.717, 1.165) is 12.1 Å². The van der Waals surface area contributed by atoms with Crippen LogP contribution in [0.3, 0.4) is 0 Å². The van der Waals surface area contributed by atoms with Gasteiger partial charge in [-0.25, -0.2) is 4.79 Å². The first-order chi connectivity index (χ1) is 13.1. The predicted octanol–water partition coefficient (Wildman–Crippen LogP) is 1.74. The van der Waals surface area contributed by atoms with Crippen LogP contribution < -0.4 is 10.6 Å². The zero-order valence-corrected chi connectivity index (χ0v) is 15.2. The molecule has 7 nitrogen and oxygen atoms in total. The maximum Gasteiger partial charge on any atom is 0.416 e. The molecule has 28 heavy (non-hydrogen) atoms. The number of hydrogen-bond acceptors (Lipinski definition) is 5. The highest BCUT2D eigenvalue weighted by Crippen LogP contribution is 2.43. The maximum atomic E-state index is 12.8. The summed E-state index contributed by atoms with van der Waals surface area (Å²) in [6, 6.07) is 2.37. The Hall–Kier alpha value is -1.88. The number of ether oxygens (including phenoxy) is 2. The highest BCUT2D eigenvalue weighted by molar-refractivity contribution is 5.89. The molecule has 2 aliphatic rings. The van der Waals surface area contributed by atoms with Crippen LogP contribution in [0.2, 0.25) is 0 Å². The Labute approximate surface area is 159 Å². The maximum absolute atomic E-state index is 12.8. The number of fused-ring (bicyclic) bond motifs is 1. The van der Waals surface area contributed by atoms with Crippen LogP contribution in [0.15, 0.2) is 24.3 Å². The van der Waals surface area contributed by atoms with Gasteiger partial charge in [0.1, 0.15) is 5.60 Å². The number of rotatable bonds is 4. The summed E-state index contributed by atoms with van der Waals surface area (Å²) in [6.45, 7) is 0.272. The molecule has 0 radical (unpaired) electrons. The number of hydrogen-bond donors (Lipinski definition) is 4. The molecule has 1 aromatic rings. The standard InChI is InChI=1S/C18H23F3N2O5/c1-27-8-13-6-11-7-14(24)15(17(11,26)9-28-13)23-16(25)22-12-4-2-3-10(5-12)18(19,20)21/h2-5,11,13-15,24,26H,6-9H2,1H3,(H2,22,23,25)/t11-,13+,14-,15+,17+/m0/s1. The van der Waals surface area contributed by atoms with Crippen molar-refractivity contribution in [1.29, 1.82) is 0 Å². The molecule has 1 saturated carbocycles. The van der Waals surface area contributed by atoms with Gasteiger partial charge in [0.2, 0.25) is 0 Å². The van der Waals surface area contributed by atoms with Crippen molar-refractivity contribution >= 4 is 11.7 Å². The van der Waals surface area contributed by atoms with Crippen molar-refractivity contribution in [3.63, 3.8) is 0 Å². The van der Waals surface area contributed by atoms with Crippen LogP contribution in [0, 0.1) is 5.92 Å². The van der Waals surface area contributed by atoms with E-state index in [1.165, 1.54) is 19.2 Å². The topological polar surface area (TPSA) is 100 Å². The second-order valence-electron chi connectivity index (χ2n) is 7.27. The quantitative estimate of drug-likeness (QED) is 0.613. The van der Waals surface area contributed by atoms with E-state index < -0.39 is 35.5 Å². The van der Waals surface area contributed by atoms with Gasteiger partial charge in [-0.3, -0.25) is 0 Å². The lowest BCUT2D eigenvalue weighted by Gasteiger charge is -2.41. The van der Waals surface area contributed by atoms with Crippen molar-refractivity contribution < 1.29 is 37.7 Å². The second-order valence-corrected chi connectivity index (χ2v) is 7.27. The number of aliphatic hydroxyl groups is 2. The number of urea groups is 1. The molecule has 156 valence electrons. The summed E-state index contributed by atoms with van der Waals surface area (Å²) in [5.41, 5.74) is -2.41. The van der Waals surface area contributed by atoms with E-state index in [0.29, 0.717) is 13.0 Å². The molecule has 0 spiro atoms. The second kappa shape index (κ2) is 7.86. The number of halogens is 3. The molecule has 10 heteroatoms. The van der Waals surface area contributed by atoms with Crippen molar-refractivity contribution in [3.05, 3.63) is 29.8 Å². The third kappa shape index (κ3) is 4.24. The van der Waals surface area contributed by atoms with Crippen LogP contribution in [-0.2, 0) is 15.7 Å². The van der Waals surface area contributed by atoms with Gasteiger partial charge in [0, 0.05) is 12.8 Å². The van der Waals surface area contributed by atoms with Crippen LogP contribution >= 0.6 is 0 Å². The Morgan fingerprint density at radius 3 is 2.82 bits per heavy atom. The molecule has 2 fully saturated rings. The van der Waals surface area contributed by atoms with E-state index in [1.54, 1.807) is 0 Å². The van der Waals surface area contributed by atoms with Crippen LogP contribution in [0.1, 0.15) is 18.4 Å². The molecule has 0 aromatic heterocycles. The van der Waals surface area contributed by atoms with Crippen LogP contribution in [0.5, 0.6) is 0 Å². The largest absolute Gasteiger partial charge is 0.416 e. The third-order valence-electron chi connectivity index (χ3n) is 5.34. The lowest BCUT2D eigenvalue weighted by molar-refractivity contribution is -0.162. The van der Waals surface area contributed by atoms with E-state index in [-0.39, 0.29) is 30.7 Å². The zero-order valence-electron chi connectivity index (χ0n) is 15.2. The van der Waals surface area contributed by atoms with Crippen LogP contribution in [0.25, 0.3) is 0 Å². The number of alkyl halides is 3. The number of anilines is 1. The number of aliphatic hydroxyl groups excluding tert-OH is 1. The summed E-state index contributed by atoms with van der Waals surface area (Å²) in [5, 5.41) is 26.1. The normalized spacial score (nSPS) is 32.6. The Morgan fingerprint density at radius 1 is 1.39 bits per heavy atom. The summed E-state index contributed by atoms with van der Waals surface area (Å²) >= 11 is 0. The minimum Gasteiger partial charge on any atom is -0.391 e. The molecule has 1 aliphatic heterocycles. The molecule has 5 atom stereocenters. The van der Waals surface area contributed by atoms with Crippen molar-refractivity contribution in [2.24, 2.45) is 5.92 Å². The van der Waals surface area contributed by atoms with Gasteiger partial charge < -0.3 is 30.3 Å². The Balaban J connectivity index is 1.66. The van der Waals surface area contributed by atoms with E-state index >= 15 is 0 Å². The molecule has 2 amide bonds. The van der Waals surface area contributed by atoms with Crippen molar-refractivity contribution in [1.82, 2.24) is 5.32 Å². The fraction of sp³-hybridized carbons (Fsp3) is 0.611. The van der Waals surface area contributed by atoms with Gasteiger partial charge >= 0.3 is 12.2 Å². The molecule has 1 aliphatic carbocycles. The fourth-order valence-corrected chi connectivity index (χ4v) is 3.97. The van der Waals surface area contributed by atoms with Gasteiger partial charge in [-0.1, -0.05) is 6.07 Å². The first kappa shape index (κ1) is 20.8. The van der Waals surface area contributed by atoms with Gasteiger partial charge in [0.25, 0.3) is 0 Å². The predicted molar refractivity (Wildman–Crippen MR) is 92.7 cm³/mol. The number of nitrogens with one attached hydrogen (secondary N) is 2. The van der Waals surface area contributed by atoms with Crippen LogP contribution in [0.4, 0.5) is 23.7 Å². The molecule has 0 unspecified atom stereocenters. The molecular formula is C18H23F3N2O5. The molecule has 1 saturated heterocycles. The number of methoxy groups -OCH3 is 1. The molecule has 4 N–H and O–H groups in total. The van der Waals surface area contributed by atoms with Crippen molar-refractivity contribution in [2.75, 3.05) is 25.6 Å². The average Bonchev–Trinajstić information content (AvgIpc) is 2.85. The minimum absolute atomic E-state index is 0.0524. The summed E-state index contributed by atoms with van der Waals surface area (Å²) in [7, 11) is 1.54. The summed E-state index contributed by atoms with van der Waals surface area (Å²) in [6.07, 6.45) is -5.01. The van der Waals surface area contributed by atoms with Crippen molar-refractivity contribution in [3.8, 4) is 0 Å². The first-order valence-electron chi connectivity index (χ1n) is 8.89. The van der Waals surface area contributed by atoms with E-state index in [9.17, 15) is 28.2 Å². The smallest absolute Gasteiger partial charge is 0.391 e. The van der Waals surface area contributed by atoms with Gasteiger partial charge in [-0.15, -0.1) is 0 Å². The minimum atomic E-state index is -4.53. The lowest BCUT2D eigenvalue weighted by atomic mass is 9.82. The average molecular weight is 404 g/mol. The van der Waals surface area contributed by atoms with Gasteiger partial charge in [-0.05, 0) is 37.0 Å². The van der Waals surface area contributed by atoms with Gasteiger partial charge in [0.15, 0.2) is 0 Å². The Morgan fingerprint density at radius 2 is 2.14 bits per heavy atom. The van der Waals surface area contributed by atoms with Gasteiger partial charge in [-0.2, -0.15) is 13.2 Å². The highest BCUT2D eigenvalue weighted by atomic mass is 19.4. The molecule has 0 bridgehead atoms.